The Kier molecular flexibility index (Phi) is 6.54. The van der Waals surface area contributed by atoms with Gasteiger partial charge in [0.1, 0.15) is 6.33 Å². The Bertz CT molecular complexity index is 1260. The number of nitrogens with one attached hydrogen (secondary N) is 1. The highest BCUT2D eigenvalue weighted by molar-refractivity contribution is 7.99. The normalized spacial score (nSPS) is 11.8. The van der Waals surface area contributed by atoms with Gasteiger partial charge in [0.25, 0.3) is 11.6 Å². The first kappa shape index (κ1) is 22.0. The van der Waals surface area contributed by atoms with Crippen LogP contribution in [0, 0.1) is 10.1 Å². The minimum Gasteiger partial charge on any atom is -0.341 e. The van der Waals surface area contributed by atoms with Gasteiger partial charge in [0.2, 0.25) is 0 Å². The van der Waals surface area contributed by atoms with Crippen molar-refractivity contribution in [1.29, 1.82) is 0 Å². The molecule has 0 fully saturated rings. The van der Waals surface area contributed by atoms with Gasteiger partial charge in [0.15, 0.2) is 5.16 Å². The number of nitrogens with zero attached hydrogens (tertiary/aromatic N) is 4. The zero-order valence-electron chi connectivity index (χ0n) is 16.6. The first-order valence-electron chi connectivity index (χ1n) is 9.31. The van der Waals surface area contributed by atoms with E-state index in [0.29, 0.717) is 15.1 Å². The lowest BCUT2D eigenvalue weighted by Crippen LogP contribution is -2.29. The predicted molar refractivity (Wildman–Crippen MR) is 123 cm³/mol. The van der Waals surface area contributed by atoms with Gasteiger partial charge in [-0.15, -0.1) is 10.2 Å². The lowest BCUT2D eigenvalue weighted by atomic mass is 10.0. The Labute approximate surface area is 196 Å². The summed E-state index contributed by atoms with van der Waals surface area (Å²) in [5.74, 6) is -0.422. The molecule has 1 N–H and O–H groups in total. The molecule has 2 aromatic heterocycles. The van der Waals surface area contributed by atoms with E-state index in [-0.39, 0.29) is 11.3 Å². The van der Waals surface area contributed by atoms with Gasteiger partial charge in [-0.25, -0.2) is 0 Å². The van der Waals surface area contributed by atoms with Crippen molar-refractivity contribution in [3.05, 3.63) is 97.4 Å². The standard InChI is InChI=1S/C21H16ClN5O3S2/c1-26-12-23-25-21(26)32-18-7-4-14(10-17(18)27(29)30)20(28)24-19(15-8-9-31-11-15)13-2-5-16(22)6-3-13/h2-12,19H,1H3,(H,24,28). The maximum absolute atomic E-state index is 13.1. The molecule has 2 aromatic carbocycles. The maximum atomic E-state index is 13.1. The van der Waals surface area contributed by atoms with Gasteiger partial charge in [-0.3, -0.25) is 14.9 Å². The van der Waals surface area contributed by atoms with Gasteiger partial charge in [-0.2, -0.15) is 11.3 Å². The highest BCUT2D eigenvalue weighted by Crippen LogP contribution is 2.34. The van der Waals surface area contributed by atoms with Crippen molar-refractivity contribution in [3.63, 3.8) is 0 Å². The van der Waals surface area contributed by atoms with Gasteiger partial charge in [-0.05, 0) is 64.0 Å². The van der Waals surface area contributed by atoms with Crippen molar-refractivity contribution in [1.82, 2.24) is 20.1 Å². The lowest BCUT2D eigenvalue weighted by molar-refractivity contribution is -0.387. The van der Waals surface area contributed by atoms with Crippen LogP contribution in [0.15, 0.2) is 75.7 Å². The Hall–Kier alpha value is -3.21. The molecule has 0 bridgehead atoms. The van der Waals surface area contributed by atoms with Crippen molar-refractivity contribution in [2.75, 3.05) is 0 Å². The van der Waals surface area contributed by atoms with Crippen LogP contribution in [0.2, 0.25) is 5.02 Å². The Balaban J connectivity index is 1.62. The number of aromatic nitrogens is 3. The number of thiophene rings is 1. The van der Waals surface area contributed by atoms with Crippen LogP contribution in [0.1, 0.15) is 27.5 Å². The van der Waals surface area contributed by atoms with E-state index in [1.807, 2.05) is 29.0 Å². The maximum Gasteiger partial charge on any atom is 0.284 e. The van der Waals surface area contributed by atoms with Crippen LogP contribution in [0.3, 0.4) is 0 Å². The number of hydrogen-bond acceptors (Lipinski definition) is 7. The van der Waals surface area contributed by atoms with Crippen LogP contribution in [-0.4, -0.2) is 25.6 Å². The van der Waals surface area contributed by atoms with E-state index >= 15 is 0 Å². The fraction of sp³-hybridized carbons (Fsp3) is 0.0952. The fourth-order valence-corrected chi connectivity index (χ4v) is 4.68. The summed E-state index contributed by atoms with van der Waals surface area (Å²) in [5.41, 5.74) is 1.78. The summed E-state index contributed by atoms with van der Waals surface area (Å²) in [5, 5.41) is 27.4. The summed E-state index contributed by atoms with van der Waals surface area (Å²) in [6.45, 7) is 0. The van der Waals surface area contributed by atoms with Crippen LogP contribution >= 0.6 is 34.7 Å². The Morgan fingerprint density at radius 1 is 1.22 bits per heavy atom. The van der Waals surface area contributed by atoms with Gasteiger partial charge in [0.05, 0.1) is 15.9 Å². The first-order chi connectivity index (χ1) is 15.4. The molecule has 0 saturated heterocycles. The summed E-state index contributed by atoms with van der Waals surface area (Å²) in [7, 11) is 1.75. The number of halogens is 1. The van der Waals surface area contributed by atoms with Crippen LogP contribution in [-0.2, 0) is 7.05 Å². The zero-order valence-corrected chi connectivity index (χ0v) is 19.0. The van der Waals surface area contributed by atoms with Gasteiger partial charge >= 0.3 is 0 Å². The van der Waals surface area contributed by atoms with Crippen LogP contribution in [0.4, 0.5) is 5.69 Å². The van der Waals surface area contributed by atoms with Gasteiger partial charge in [-0.1, -0.05) is 23.7 Å². The van der Waals surface area contributed by atoms with Crippen molar-refractivity contribution in [2.24, 2.45) is 7.05 Å². The average molecular weight is 486 g/mol. The summed E-state index contributed by atoms with van der Waals surface area (Å²) >= 11 is 8.63. The number of nitro benzene ring substituents is 1. The van der Waals surface area contributed by atoms with E-state index in [1.165, 1.54) is 23.7 Å². The number of nitro groups is 1. The third-order valence-electron chi connectivity index (χ3n) is 4.64. The number of rotatable bonds is 7. The second-order valence-electron chi connectivity index (χ2n) is 6.78. The molecule has 1 atom stereocenters. The Morgan fingerprint density at radius 2 is 2.00 bits per heavy atom. The molecular weight excluding hydrogens is 470 g/mol. The molecule has 0 saturated carbocycles. The summed E-state index contributed by atoms with van der Waals surface area (Å²) in [4.78, 5) is 24.6. The molecule has 0 radical (unpaired) electrons. The number of aryl methyl sites for hydroxylation is 1. The first-order valence-corrected chi connectivity index (χ1v) is 11.4. The van der Waals surface area contributed by atoms with E-state index in [9.17, 15) is 14.9 Å². The molecule has 11 heteroatoms. The number of amides is 1. The molecule has 0 aliphatic rings. The van der Waals surface area contributed by atoms with E-state index in [2.05, 4.69) is 15.5 Å². The topological polar surface area (TPSA) is 103 Å². The molecule has 1 amide bonds. The van der Waals surface area contributed by atoms with Gasteiger partial charge < -0.3 is 9.88 Å². The minimum atomic E-state index is -0.509. The SMILES string of the molecule is Cn1cnnc1Sc1ccc(C(=O)NC(c2ccc(Cl)cc2)c2ccsc2)cc1[N+](=O)[O-]. The largest absolute Gasteiger partial charge is 0.341 e. The summed E-state index contributed by atoms with van der Waals surface area (Å²) in [6, 6.07) is 13.1. The van der Waals surface area contributed by atoms with Crippen LogP contribution in [0.5, 0.6) is 0 Å². The fourth-order valence-electron chi connectivity index (χ4n) is 3.02. The highest BCUT2D eigenvalue weighted by Gasteiger charge is 2.23. The molecule has 0 aliphatic heterocycles. The van der Waals surface area contributed by atoms with Crippen molar-refractivity contribution in [3.8, 4) is 0 Å². The number of carbonyl (C=O) groups is 1. The third kappa shape index (κ3) is 4.82. The zero-order chi connectivity index (χ0) is 22.7. The third-order valence-corrected chi connectivity index (χ3v) is 6.71. The molecule has 1 unspecified atom stereocenters. The van der Waals surface area contributed by atoms with E-state index in [1.54, 1.807) is 35.9 Å². The smallest absolute Gasteiger partial charge is 0.284 e. The summed E-state index contributed by atoms with van der Waals surface area (Å²) in [6.07, 6.45) is 1.51. The molecule has 8 nitrogen and oxygen atoms in total. The van der Waals surface area contributed by atoms with Crippen molar-refractivity contribution < 1.29 is 9.72 Å². The molecule has 2 heterocycles. The van der Waals surface area contributed by atoms with E-state index < -0.39 is 16.9 Å². The molecule has 0 aliphatic carbocycles. The Morgan fingerprint density at radius 3 is 2.62 bits per heavy atom. The minimum absolute atomic E-state index is 0.177. The number of carbonyl (C=O) groups excluding carboxylic acids is 1. The van der Waals surface area contributed by atoms with Crippen LogP contribution < -0.4 is 5.32 Å². The highest BCUT2D eigenvalue weighted by atomic mass is 35.5. The number of hydrogen-bond donors (Lipinski definition) is 1. The van der Waals surface area contributed by atoms with E-state index in [4.69, 9.17) is 11.6 Å². The monoisotopic (exact) mass is 485 g/mol. The van der Waals surface area contributed by atoms with Gasteiger partial charge in [0, 0.05) is 23.7 Å². The van der Waals surface area contributed by atoms with E-state index in [0.717, 1.165) is 22.9 Å². The van der Waals surface area contributed by atoms with Crippen molar-refractivity contribution in [2.45, 2.75) is 16.1 Å². The molecule has 32 heavy (non-hydrogen) atoms. The molecular formula is C21H16ClN5O3S2. The molecule has 4 rings (SSSR count). The average Bonchev–Trinajstić information content (AvgIpc) is 3.45. The molecule has 162 valence electrons. The molecule has 4 aromatic rings. The lowest BCUT2D eigenvalue weighted by Gasteiger charge is -2.19. The quantitative estimate of drug-likeness (QED) is 0.288. The van der Waals surface area contributed by atoms with Crippen molar-refractivity contribution >= 4 is 46.3 Å². The number of benzene rings is 2. The second-order valence-corrected chi connectivity index (χ2v) is 9.01. The molecule has 0 spiro atoms. The van der Waals surface area contributed by atoms with Crippen LogP contribution in [0.25, 0.3) is 0 Å². The summed E-state index contributed by atoms with van der Waals surface area (Å²) < 4.78 is 1.66. The second kappa shape index (κ2) is 9.51. The predicted octanol–water partition coefficient (Wildman–Crippen LogP) is 5.11.